The lowest BCUT2D eigenvalue weighted by Crippen LogP contribution is -2.33. The highest BCUT2D eigenvalue weighted by atomic mass is 32.1. The SMILES string of the molecule is O=C(CCN1C(=S)N[C@H](c2ccccn2)[C@H]1c1cccn1Cc1ccccn1)Nc1ccccc1. The number of carbonyl (C=O) groups is 1. The van der Waals surface area contributed by atoms with Gasteiger partial charge in [-0.2, -0.15) is 0 Å². The van der Waals surface area contributed by atoms with Gasteiger partial charge in [-0.25, -0.2) is 0 Å². The number of carbonyl (C=O) groups excluding carboxylic acids is 1. The normalized spacial score (nSPS) is 17.3. The zero-order valence-corrected chi connectivity index (χ0v) is 19.9. The summed E-state index contributed by atoms with van der Waals surface area (Å²) in [7, 11) is 0. The van der Waals surface area contributed by atoms with Gasteiger partial charge in [0.15, 0.2) is 5.11 Å². The van der Waals surface area contributed by atoms with E-state index in [2.05, 4.69) is 42.3 Å². The Morgan fingerprint density at radius 3 is 2.46 bits per heavy atom. The van der Waals surface area contributed by atoms with Crippen LogP contribution in [0.1, 0.15) is 35.6 Å². The molecule has 5 rings (SSSR count). The monoisotopic (exact) mass is 482 g/mol. The van der Waals surface area contributed by atoms with Gasteiger partial charge in [-0.05, 0) is 60.7 Å². The molecule has 0 radical (unpaired) electrons. The molecule has 3 aromatic heterocycles. The average Bonchev–Trinajstić information content (AvgIpc) is 3.47. The van der Waals surface area contributed by atoms with Crippen LogP contribution >= 0.6 is 12.2 Å². The van der Waals surface area contributed by atoms with Crippen molar-refractivity contribution in [1.29, 1.82) is 0 Å². The number of benzene rings is 1. The van der Waals surface area contributed by atoms with Crippen molar-refractivity contribution >= 4 is 28.9 Å². The van der Waals surface area contributed by atoms with Crippen molar-refractivity contribution in [3.8, 4) is 0 Å². The lowest BCUT2D eigenvalue weighted by atomic mass is 10.0. The van der Waals surface area contributed by atoms with Gasteiger partial charge in [0.2, 0.25) is 5.91 Å². The number of pyridine rings is 2. The molecule has 4 aromatic rings. The smallest absolute Gasteiger partial charge is 0.226 e. The molecule has 0 saturated carbocycles. The number of nitrogens with zero attached hydrogens (tertiary/aromatic N) is 4. The van der Waals surface area contributed by atoms with Crippen LogP contribution in [0.3, 0.4) is 0 Å². The van der Waals surface area contributed by atoms with Crippen molar-refractivity contribution in [2.45, 2.75) is 25.0 Å². The highest BCUT2D eigenvalue weighted by molar-refractivity contribution is 7.80. The van der Waals surface area contributed by atoms with Gasteiger partial charge >= 0.3 is 0 Å². The van der Waals surface area contributed by atoms with E-state index in [1.165, 1.54) is 0 Å². The number of amides is 1. The largest absolute Gasteiger partial charge is 0.352 e. The van der Waals surface area contributed by atoms with Crippen molar-refractivity contribution in [3.63, 3.8) is 0 Å². The third-order valence-electron chi connectivity index (χ3n) is 6.06. The minimum Gasteiger partial charge on any atom is -0.352 e. The van der Waals surface area contributed by atoms with Gasteiger partial charge in [-0.1, -0.05) is 30.3 Å². The molecule has 1 aliphatic heterocycles. The lowest BCUT2D eigenvalue weighted by Gasteiger charge is -2.28. The summed E-state index contributed by atoms with van der Waals surface area (Å²) in [6.45, 7) is 1.12. The molecule has 35 heavy (non-hydrogen) atoms. The Kier molecular flexibility index (Phi) is 6.81. The molecule has 176 valence electrons. The van der Waals surface area contributed by atoms with Crippen molar-refractivity contribution in [2.75, 3.05) is 11.9 Å². The quantitative estimate of drug-likeness (QED) is 0.364. The van der Waals surface area contributed by atoms with Crippen LogP contribution in [0.15, 0.2) is 97.5 Å². The van der Waals surface area contributed by atoms with Crippen molar-refractivity contribution in [2.24, 2.45) is 0 Å². The van der Waals surface area contributed by atoms with E-state index in [1.807, 2.05) is 72.8 Å². The molecule has 0 spiro atoms. The predicted octanol–water partition coefficient (Wildman–Crippen LogP) is 4.33. The summed E-state index contributed by atoms with van der Waals surface area (Å²) in [6, 6.07) is 25.2. The number of aromatic nitrogens is 3. The molecule has 1 amide bonds. The summed E-state index contributed by atoms with van der Waals surface area (Å²) >= 11 is 5.76. The topological polar surface area (TPSA) is 75.1 Å². The molecule has 1 aromatic carbocycles. The van der Waals surface area contributed by atoms with Crippen molar-refractivity contribution < 1.29 is 4.79 Å². The van der Waals surface area contributed by atoms with E-state index in [-0.39, 0.29) is 18.0 Å². The van der Waals surface area contributed by atoms with E-state index >= 15 is 0 Å². The van der Waals surface area contributed by atoms with Gasteiger partial charge in [-0.3, -0.25) is 14.8 Å². The molecule has 8 heteroatoms. The first kappa shape index (κ1) is 22.7. The summed E-state index contributed by atoms with van der Waals surface area (Å²) in [5.74, 6) is -0.0529. The first-order chi connectivity index (χ1) is 17.2. The highest BCUT2D eigenvalue weighted by Crippen LogP contribution is 2.39. The van der Waals surface area contributed by atoms with Crippen molar-refractivity contribution in [3.05, 3.63) is 115 Å². The molecule has 1 saturated heterocycles. The van der Waals surface area contributed by atoms with E-state index in [9.17, 15) is 4.79 Å². The van der Waals surface area contributed by atoms with Crippen LogP contribution in [0, 0.1) is 0 Å². The van der Waals surface area contributed by atoms with E-state index in [4.69, 9.17) is 12.2 Å². The first-order valence-corrected chi connectivity index (χ1v) is 12.0. The Hall–Kier alpha value is -4.04. The van der Waals surface area contributed by atoms with Crippen LogP contribution in [0.25, 0.3) is 0 Å². The highest BCUT2D eigenvalue weighted by Gasteiger charge is 2.41. The van der Waals surface area contributed by atoms with Crippen LogP contribution < -0.4 is 10.6 Å². The fourth-order valence-electron chi connectivity index (χ4n) is 4.44. The number of thiocarbonyl (C=S) groups is 1. The fourth-order valence-corrected chi connectivity index (χ4v) is 4.77. The van der Waals surface area contributed by atoms with E-state index in [0.29, 0.717) is 24.6 Å². The standard InChI is InChI=1S/C27H26N6OS/c34-24(30-20-9-2-1-3-10-20)14-18-33-26(25(31-27(33)35)22-12-5-7-16-29-22)23-13-8-17-32(23)19-21-11-4-6-15-28-21/h1-13,15-17,25-26H,14,18-19H2,(H,30,34)(H,31,35)/t25-,26-/m1/s1. The number of nitrogens with one attached hydrogen (secondary N) is 2. The van der Waals surface area contributed by atoms with E-state index < -0.39 is 0 Å². The summed E-state index contributed by atoms with van der Waals surface area (Å²) < 4.78 is 2.19. The summed E-state index contributed by atoms with van der Waals surface area (Å²) in [4.78, 5) is 23.9. The molecular weight excluding hydrogens is 456 g/mol. The van der Waals surface area contributed by atoms with Crippen LogP contribution in [0.2, 0.25) is 0 Å². The predicted molar refractivity (Wildman–Crippen MR) is 140 cm³/mol. The second kappa shape index (κ2) is 10.5. The van der Waals surface area contributed by atoms with Gasteiger partial charge < -0.3 is 20.1 Å². The lowest BCUT2D eigenvalue weighted by molar-refractivity contribution is -0.116. The minimum atomic E-state index is -0.140. The van der Waals surface area contributed by atoms with Gasteiger partial charge in [0.25, 0.3) is 0 Å². The molecular formula is C27H26N6OS. The molecule has 0 aliphatic carbocycles. The van der Waals surface area contributed by atoms with Crippen LogP contribution in [0.4, 0.5) is 5.69 Å². The van der Waals surface area contributed by atoms with E-state index in [1.54, 1.807) is 12.4 Å². The van der Waals surface area contributed by atoms with Gasteiger partial charge in [0, 0.05) is 42.9 Å². The Morgan fingerprint density at radius 1 is 0.943 bits per heavy atom. The van der Waals surface area contributed by atoms with Gasteiger partial charge in [0.1, 0.15) is 0 Å². The molecule has 1 fully saturated rings. The Morgan fingerprint density at radius 2 is 1.71 bits per heavy atom. The summed E-state index contributed by atoms with van der Waals surface area (Å²) in [5.41, 5.74) is 3.75. The maximum Gasteiger partial charge on any atom is 0.226 e. The Balaban J connectivity index is 1.41. The molecule has 0 bridgehead atoms. The molecule has 4 heterocycles. The maximum atomic E-state index is 12.7. The summed E-state index contributed by atoms with van der Waals surface area (Å²) in [5, 5.41) is 7.03. The molecule has 1 aliphatic rings. The van der Waals surface area contributed by atoms with Crippen LogP contribution in [-0.4, -0.2) is 37.0 Å². The zero-order chi connectivity index (χ0) is 24.0. The maximum absolute atomic E-state index is 12.7. The fraction of sp³-hybridized carbons (Fsp3) is 0.185. The van der Waals surface area contributed by atoms with E-state index in [0.717, 1.165) is 22.8 Å². The number of para-hydroxylation sites is 1. The second-order valence-corrected chi connectivity index (χ2v) is 8.75. The number of anilines is 1. The first-order valence-electron chi connectivity index (χ1n) is 11.6. The molecule has 2 N–H and O–H groups in total. The third kappa shape index (κ3) is 5.22. The number of hydrogen-bond acceptors (Lipinski definition) is 4. The second-order valence-electron chi connectivity index (χ2n) is 8.37. The average molecular weight is 483 g/mol. The van der Waals surface area contributed by atoms with Crippen LogP contribution in [-0.2, 0) is 11.3 Å². The number of rotatable bonds is 8. The number of hydrogen-bond donors (Lipinski definition) is 2. The third-order valence-corrected chi connectivity index (χ3v) is 6.41. The zero-order valence-electron chi connectivity index (χ0n) is 19.1. The van der Waals surface area contributed by atoms with Crippen molar-refractivity contribution in [1.82, 2.24) is 24.8 Å². The Bertz CT molecular complexity index is 1280. The summed E-state index contributed by atoms with van der Waals surface area (Å²) in [6.07, 6.45) is 5.96. The minimum absolute atomic E-state index is 0.0529. The molecule has 0 unspecified atom stereocenters. The van der Waals surface area contributed by atoms with Gasteiger partial charge in [-0.15, -0.1) is 0 Å². The van der Waals surface area contributed by atoms with Gasteiger partial charge in [0.05, 0.1) is 30.0 Å². The van der Waals surface area contributed by atoms with Crippen LogP contribution in [0.5, 0.6) is 0 Å². The Labute approximate surface area is 209 Å². The molecule has 7 nitrogen and oxygen atoms in total. The molecule has 2 atom stereocenters.